The number of aryl methyl sites for hydroxylation is 1. The molecule has 1 aromatic carbocycles. The summed E-state index contributed by atoms with van der Waals surface area (Å²) in [5, 5.41) is 0. The number of nitrogen functional groups attached to an aromatic ring is 1. The average Bonchev–Trinajstić information content (AvgIpc) is 2.32. The van der Waals surface area contributed by atoms with E-state index < -0.39 is 0 Å². The molecule has 1 amide bonds. The second kappa shape index (κ2) is 2.49. The number of amides is 1. The molecule has 0 fully saturated rings. The number of anilines is 2. The van der Waals surface area contributed by atoms with Crippen LogP contribution in [0.15, 0.2) is 12.1 Å². The molecule has 0 unspecified atom stereocenters. The molecule has 1 aromatic rings. The van der Waals surface area contributed by atoms with Gasteiger partial charge in [-0.3, -0.25) is 4.79 Å². The smallest absolute Gasteiger partial charge is 0.231 e. The molecule has 1 aliphatic rings. The van der Waals surface area contributed by atoms with E-state index in [1.165, 1.54) is 0 Å². The van der Waals surface area contributed by atoms with Gasteiger partial charge in [0.05, 0.1) is 6.42 Å². The zero-order valence-corrected chi connectivity index (χ0v) is 7.79. The Labute approximate surface area is 77.1 Å². The molecule has 0 saturated heterocycles. The van der Waals surface area contributed by atoms with Crippen LogP contribution in [-0.2, 0) is 11.2 Å². The van der Waals surface area contributed by atoms with E-state index in [4.69, 9.17) is 5.73 Å². The second-order valence-electron chi connectivity index (χ2n) is 3.47. The third-order valence-electron chi connectivity index (χ3n) is 2.54. The molecular weight excluding hydrogens is 164 g/mol. The van der Waals surface area contributed by atoms with Crippen LogP contribution in [0.5, 0.6) is 0 Å². The standard InChI is InChI=1S/C10H12N2O/c1-6-3-9-7(4-8(6)11)5-10(13)12(9)2/h3-4H,5,11H2,1-2H3. The van der Waals surface area contributed by atoms with Gasteiger partial charge in [0.25, 0.3) is 0 Å². The Hall–Kier alpha value is -1.51. The van der Waals surface area contributed by atoms with Crippen LogP contribution in [-0.4, -0.2) is 13.0 Å². The quantitative estimate of drug-likeness (QED) is 0.601. The summed E-state index contributed by atoms with van der Waals surface area (Å²) < 4.78 is 0. The lowest BCUT2D eigenvalue weighted by atomic mass is 10.1. The number of carbonyl (C=O) groups excluding carboxylic acids is 1. The summed E-state index contributed by atoms with van der Waals surface area (Å²) in [7, 11) is 1.80. The summed E-state index contributed by atoms with van der Waals surface area (Å²) >= 11 is 0. The molecule has 1 aliphatic heterocycles. The van der Waals surface area contributed by atoms with Crippen molar-refractivity contribution in [2.45, 2.75) is 13.3 Å². The molecule has 1 heterocycles. The van der Waals surface area contributed by atoms with Crippen LogP contribution in [0.3, 0.4) is 0 Å². The van der Waals surface area contributed by atoms with Crippen molar-refractivity contribution in [2.24, 2.45) is 0 Å². The number of benzene rings is 1. The van der Waals surface area contributed by atoms with E-state index in [0.29, 0.717) is 6.42 Å². The number of nitrogens with zero attached hydrogens (tertiary/aromatic N) is 1. The van der Waals surface area contributed by atoms with E-state index >= 15 is 0 Å². The maximum Gasteiger partial charge on any atom is 0.231 e. The van der Waals surface area contributed by atoms with E-state index in [-0.39, 0.29) is 5.91 Å². The molecule has 68 valence electrons. The molecule has 0 spiro atoms. The molecule has 2 rings (SSSR count). The Kier molecular flexibility index (Phi) is 1.55. The van der Waals surface area contributed by atoms with Gasteiger partial charge in [0, 0.05) is 18.4 Å². The Morgan fingerprint density at radius 1 is 1.46 bits per heavy atom. The summed E-state index contributed by atoms with van der Waals surface area (Å²) in [4.78, 5) is 13.0. The van der Waals surface area contributed by atoms with Crippen molar-refractivity contribution >= 4 is 17.3 Å². The van der Waals surface area contributed by atoms with Crippen LogP contribution in [0, 0.1) is 6.92 Å². The van der Waals surface area contributed by atoms with Crippen LogP contribution < -0.4 is 10.6 Å². The largest absolute Gasteiger partial charge is 0.399 e. The van der Waals surface area contributed by atoms with E-state index in [9.17, 15) is 4.79 Å². The summed E-state index contributed by atoms with van der Waals surface area (Å²) in [6.07, 6.45) is 0.482. The number of hydrogen-bond donors (Lipinski definition) is 1. The van der Waals surface area contributed by atoms with Gasteiger partial charge in [-0.1, -0.05) is 0 Å². The van der Waals surface area contributed by atoms with E-state index in [2.05, 4.69) is 0 Å². The molecule has 13 heavy (non-hydrogen) atoms. The van der Waals surface area contributed by atoms with Crippen LogP contribution in [0.25, 0.3) is 0 Å². The fourth-order valence-corrected chi connectivity index (χ4v) is 1.63. The van der Waals surface area contributed by atoms with E-state index in [0.717, 1.165) is 22.5 Å². The fourth-order valence-electron chi connectivity index (χ4n) is 1.63. The minimum absolute atomic E-state index is 0.139. The lowest BCUT2D eigenvalue weighted by molar-refractivity contribution is -0.117. The third kappa shape index (κ3) is 1.08. The average molecular weight is 176 g/mol. The minimum Gasteiger partial charge on any atom is -0.399 e. The molecule has 0 radical (unpaired) electrons. The molecule has 0 atom stereocenters. The highest BCUT2D eigenvalue weighted by Gasteiger charge is 2.24. The lowest BCUT2D eigenvalue weighted by Crippen LogP contribution is -2.20. The number of nitrogens with two attached hydrogens (primary N) is 1. The van der Waals surface area contributed by atoms with Crippen molar-refractivity contribution in [1.29, 1.82) is 0 Å². The van der Waals surface area contributed by atoms with Crippen molar-refractivity contribution in [1.82, 2.24) is 0 Å². The number of rotatable bonds is 0. The number of likely N-dealkylation sites (N-methyl/N-ethyl adjacent to an activating group) is 1. The van der Waals surface area contributed by atoms with Gasteiger partial charge >= 0.3 is 0 Å². The second-order valence-corrected chi connectivity index (χ2v) is 3.47. The molecule has 0 saturated carbocycles. The molecular formula is C10H12N2O. The van der Waals surface area contributed by atoms with Gasteiger partial charge in [-0.05, 0) is 30.2 Å². The highest BCUT2D eigenvalue weighted by atomic mass is 16.2. The Morgan fingerprint density at radius 2 is 2.15 bits per heavy atom. The van der Waals surface area contributed by atoms with Gasteiger partial charge in [0.1, 0.15) is 0 Å². The summed E-state index contributed by atoms with van der Waals surface area (Å²) in [6.45, 7) is 1.95. The first-order valence-electron chi connectivity index (χ1n) is 4.25. The third-order valence-corrected chi connectivity index (χ3v) is 2.54. The first kappa shape index (κ1) is 8.10. The highest BCUT2D eigenvalue weighted by molar-refractivity contribution is 6.01. The fraction of sp³-hybridized carbons (Fsp3) is 0.300. The van der Waals surface area contributed by atoms with Gasteiger partial charge in [0.15, 0.2) is 0 Å². The van der Waals surface area contributed by atoms with Crippen molar-refractivity contribution in [3.05, 3.63) is 23.3 Å². The molecule has 3 nitrogen and oxygen atoms in total. The predicted molar refractivity (Wildman–Crippen MR) is 52.7 cm³/mol. The maximum absolute atomic E-state index is 11.3. The SMILES string of the molecule is Cc1cc2c(cc1N)CC(=O)N2C. The minimum atomic E-state index is 0.139. The molecule has 0 aromatic heterocycles. The maximum atomic E-state index is 11.3. The molecule has 3 heteroatoms. The van der Waals surface area contributed by atoms with Gasteiger partial charge in [-0.2, -0.15) is 0 Å². The van der Waals surface area contributed by atoms with Gasteiger partial charge in [-0.25, -0.2) is 0 Å². The Morgan fingerprint density at radius 3 is 2.85 bits per heavy atom. The number of carbonyl (C=O) groups is 1. The normalized spacial score (nSPS) is 14.9. The first-order chi connectivity index (χ1) is 6.09. The van der Waals surface area contributed by atoms with Crippen molar-refractivity contribution in [3.8, 4) is 0 Å². The van der Waals surface area contributed by atoms with Crippen LogP contribution in [0.1, 0.15) is 11.1 Å². The summed E-state index contributed by atoms with van der Waals surface area (Å²) in [5.74, 6) is 0.139. The number of hydrogen-bond acceptors (Lipinski definition) is 2. The first-order valence-corrected chi connectivity index (χ1v) is 4.25. The summed E-state index contributed by atoms with van der Waals surface area (Å²) in [6, 6.07) is 3.86. The topological polar surface area (TPSA) is 46.3 Å². The zero-order valence-electron chi connectivity index (χ0n) is 7.79. The lowest BCUT2D eigenvalue weighted by Gasteiger charge is -2.11. The van der Waals surface area contributed by atoms with Crippen molar-refractivity contribution in [3.63, 3.8) is 0 Å². The monoisotopic (exact) mass is 176 g/mol. The Balaban J connectivity index is 2.59. The number of fused-ring (bicyclic) bond motifs is 1. The zero-order chi connectivity index (χ0) is 9.59. The molecule has 0 aliphatic carbocycles. The van der Waals surface area contributed by atoms with Crippen molar-refractivity contribution in [2.75, 3.05) is 17.7 Å². The Bertz CT molecular complexity index is 385. The molecule has 0 bridgehead atoms. The molecule has 2 N–H and O–H groups in total. The van der Waals surface area contributed by atoms with Crippen molar-refractivity contribution < 1.29 is 4.79 Å². The van der Waals surface area contributed by atoms with Crippen LogP contribution in [0.2, 0.25) is 0 Å². The van der Waals surface area contributed by atoms with Gasteiger partial charge in [-0.15, -0.1) is 0 Å². The van der Waals surface area contributed by atoms with Crippen LogP contribution >= 0.6 is 0 Å². The van der Waals surface area contributed by atoms with Gasteiger partial charge in [0.2, 0.25) is 5.91 Å². The predicted octanol–water partition coefficient (Wildman–Crippen LogP) is 1.10. The van der Waals surface area contributed by atoms with Gasteiger partial charge < -0.3 is 10.6 Å². The van der Waals surface area contributed by atoms with Crippen LogP contribution in [0.4, 0.5) is 11.4 Å². The van der Waals surface area contributed by atoms with E-state index in [1.54, 1.807) is 11.9 Å². The summed E-state index contributed by atoms with van der Waals surface area (Å²) in [5.41, 5.74) is 9.58. The van der Waals surface area contributed by atoms with E-state index in [1.807, 2.05) is 19.1 Å². The highest BCUT2D eigenvalue weighted by Crippen LogP contribution is 2.31.